The molecule has 0 aromatic heterocycles. The zero-order chi connectivity index (χ0) is 12.7. The summed E-state index contributed by atoms with van der Waals surface area (Å²) in [4.78, 5) is 12.0. The molecule has 0 fully saturated rings. The van der Waals surface area contributed by atoms with Crippen molar-refractivity contribution in [3.05, 3.63) is 55.6 Å². The number of carbonyl (C=O) groups is 1. The van der Waals surface area contributed by atoms with Crippen molar-refractivity contribution in [2.75, 3.05) is 5.06 Å². The number of carbonyl (C=O) groups excluding carboxylic acids is 1. The first-order valence-corrected chi connectivity index (χ1v) is 5.50. The van der Waals surface area contributed by atoms with Crippen LogP contribution in [0.1, 0.15) is 12.8 Å². The van der Waals surface area contributed by atoms with Gasteiger partial charge >= 0.3 is 0 Å². The summed E-state index contributed by atoms with van der Waals surface area (Å²) in [5, 5.41) is 10.5. The lowest BCUT2D eigenvalue weighted by molar-refractivity contribution is -0.127. The second-order valence-corrected chi connectivity index (χ2v) is 3.73. The summed E-state index contributed by atoms with van der Waals surface area (Å²) >= 11 is 0. The maximum absolute atomic E-state index is 12.0. The predicted octanol–water partition coefficient (Wildman–Crippen LogP) is 3.18. The van der Waals surface area contributed by atoms with Crippen LogP contribution in [-0.2, 0) is 4.79 Å². The standard InChI is InChI=1S/C14H17NO2/c1-3-8-12(9-4-2)14(16)15(17)13-10-6-5-7-11-13/h3-7,10-12,17H,1-2,8-9H2. The number of para-hydroxylation sites is 1. The largest absolute Gasteiger partial charge is 0.281 e. The molecule has 0 aliphatic heterocycles. The summed E-state index contributed by atoms with van der Waals surface area (Å²) in [6, 6.07) is 8.71. The molecule has 0 heterocycles. The van der Waals surface area contributed by atoms with Crippen LogP contribution in [0.25, 0.3) is 0 Å². The normalized spacial score (nSPS) is 10.0. The fourth-order valence-corrected chi connectivity index (χ4v) is 1.57. The third-order valence-electron chi connectivity index (χ3n) is 2.46. The highest BCUT2D eigenvalue weighted by molar-refractivity contribution is 5.92. The Labute approximate surface area is 102 Å². The topological polar surface area (TPSA) is 40.5 Å². The Bertz CT molecular complexity index is 376. The molecule has 0 atom stereocenters. The number of allylic oxidation sites excluding steroid dienone is 2. The Kier molecular flexibility index (Phi) is 5.17. The number of amides is 1. The van der Waals surface area contributed by atoms with Crippen LogP contribution in [0.4, 0.5) is 5.69 Å². The average Bonchev–Trinajstić information content (AvgIpc) is 2.38. The lowest BCUT2D eigenvalue weighted by Gasteiger charge is -2.20. The number of nitrogens with zero attached hydrogens (tertiary/aromatic N) is 1. The van der Waals surface area contributed by atoms with Gasteiger partial charge in [-0.05, 0) is 25.0 Å². The van der Waals surface area contributed by atoms with Gasteiger partial charge in [0.05, 0.1) is 5.69 Å². The van der Waals surface area contributed by atoms with Crippen molar-refractivity contribution in [3.8, 4) is 0 Å². The van der Waals surface area contributed by atoms with E-state index in [1.165, 1.54) is 0 Å². The third-order valence-corrected chi connectivity index (χ3v) is 2.46. The highest BCUT2D eigenvalue weighted by Gasteiger charge is 2.22. The van der Waals surface area contributed by atoms with Gasteiger partial charge in [-0.15, -0.1) is 13.2 Å². The molecule has 0 unspecified atom stereocenters. The van der Waals surface area contributed by atoms with Gasteiger partial charge in [0.25, 0.3) is 5.91 Å². The van der Waals surface area contributed by atoms with E-state index >= 15 is 0 Å². The van der Waals surface area contributed by atoms with Gasteiger partial charge in [0, 0.05) is 5.92 Å². The zero-order valence-electron chi connectivity index (χ0n) is 9.75. The maximum Gasteiger partial charge on any atom is 0.254 e. The van der Waals surface area contributed by atoms with Gasteiger partial charge in [-0.1, -0.05) is 30.4 Å². The molecule has 0 aliphatic carbocycles. The van der Waals surface area contributed by atoms with Crippen LogP contribution in [0.3, 0.4) is 0 Å². The summed E-state index contributed by atoms with van der Waals surface area (Å²) in [5.74, 6) is -0.647. The minimum Gasteiger partial charge on any atom is -0.281 e. The lowest BCUT2D eigenvalue weighted by atomic mass is 10.00. The van der Waals surface area contributed by atoms with Crippen molar-refractivity contribution in [2.45, 2.75) is 12.8 Å². The molecule has 1 N–H and O–H groups in total. The molecule has 3 nitrogen and oxygen atoms in total. The second kappa shape index (κ2) is 6.66. The number of anilines is 1. The molecule has 0 aliphatic rings. The van der Waals surface area contributed by atoms with Gasteiger partial charge in [-0.3, -0.25) is 10.0 Å². The van der Waals surface area contributed by atoms with Crippen LogP contribution in [-0.4, -0.2) is 11.1 Å². The monoisotopic (exact) mass is 231 g/mol. The average molecular weight is 231 g/mol. The molecule has 0 saturated heterocycles. The molecular weight excluding hydrogens is 214 g/mol. The summed E-state index contributed by atoms with van der Waals surface area (Å²) in [5.41, 5.74) is 0.468. The molecule has 0 bridgehead atoms. The van der Waals surface area contributed by atoms with Crippen LogP contribution < -0.4 is 5.06 Å². The van der Waals surface area contributed by atoms with Crippen molar-refractivity contribution >= 4 is 11.6 Å². The van der Waals surface area contributed by atoms with E-state index in [2.05, 4.69) is 13.2 Å². The Hall–Kier alpha value is -1.87. The first kappa shape index (κ1) is 13.2. The molecule has 90 valence electrons. The van der Waals surface area contributed by atoms with E-state index in [-0.39, 0.29) is 11.8 Å². The number of rotatable bonds is 6. The van der Waals surface area contributed by atoms with E-state index in [0.717, 1.165) is 0 Å². The van der Waals surface area contributed by atoms with E-state index in [4.69, 9.17) is 0 Å². The molecule has 0 spiro atoms. The smallest absolute Gasteiger partial charge is 0.254 e. The molecule has 0 radical (unpaired) electrons. The number of hydrogen-bond acceptors (Lipinski definition) is 2. The molecule has 1 rings (SSSR count). The molecule has 3 heteroatoms. The van der Waals surface area contributed by atoms with E-state index in [1.54, 1.807) is 36.4 Å². The molecule has 17 heavy (non-hydrogen) atoms. The van der Waals surface area contributed by atoms with Gasteiger partial charge in [0.2, 0.25) is 0 Å². The van der Waals surface area contributed by atoms with E-state index in [1.807, 2.05) is 6.07 Å². The van der Waals surface area contributed by atoms with Gasteiger partial charge in [-0.2, -0.15) is 5.06 Å². The fourth-order valence-electron chi connectivity index (χ4n) is 1.57. The van der Waals surface area contributed by atoms with Gasteiger partial charge < -0.3 is 0 Å². The first-order chi connectivity index (χ1) is 8.20. The van der Waals surface area contributed by atoms with Crippen molar-refractivity contribution in [1.82, 2.24) is 0 Å². The van der Waals surface area contributed by atoms with Crippen LogP contribution in [0, 0.1) is 5.92 Å². The highest BCUT2D eigenvalue weighted by atomic mass is 16.5. The van der Waals surface area contributed by atoms with E-state index in [0.29, 0.717) is 23.6 Å². The van der Waals surface area contributed by atoms with Gasteiger partial charge in [0.1, 0.15) is 0 Å². The minimum atomic E-state index is -0.337. The molecule has 1 amide bonds. The Morgan fingerprint density at radius 1 is 1.24 bits per heavy atom. The lowest BCUT2D eigenvalue weighted by Crippen LogP contribution is -2.33. The van der Waals surface area contributed by atoms with Crippen LogP contribution in [0.15, 0.2) is 55.6 Å². The van der Waals surface area contributed by atoms with Crippen molar-refractivity contribution in [3.63, 3.8) is 0 Å². The Balaban J connectivity index is 2.79. The Morgan fingerprint density at radius 2 is 1.76 bits per heavy atom. The SMILES string of the molecule is C=CCC(CC=C)C(=O)N(O)c1ccccc1. The summed E-state index contributed by atoms with van der Waals surface area (Å²) in [7, 11) is 0. The van der Waals surface area contributed by atoms with Crippen LogP contribution >= 0.6 is 0 Å². The summed E-state index contributed by atoms with van der Waals surface area (Å²) < 4.78 is 0. The van der Waals surface area contributed by atoms with Crippen molar-refractivity contribution < 1.29 is 10.0 Å². The third kappa shape index (κ3) is 3.57. The number of hydrogen-bond donors (Lipinski definition) is 1. The van der Waals surface area contributed by atoms with Crippen molar-refractivity contribution in [1.29, 1.82) is 0 Å². The molecule has 1 aromatic carbocycles. The van der Waals surface area contributed by atoms with Crippen LogP contribution in [0.2, 0.25) is 0 Å². The molecule has 1 aromatic rings. The van der Waals surface area contributed by atoms with Gasteiger partial charge in [-0.25, -0.2) is 0 Å². The van der Waals surface area contributed by atoms with E-state index < -0.39 is 0 Å². The zero-order valence-corrected chi connectivity index (χ0v) is 9.75. The van der Waals surface area contributed by atoms with E-state index in [9.17, 15) is 10.0 Å². The highest BCUT2D eigenvalue weighted by Crippen LogP contribution is 2.18. The number of hydroxylamine groups is 1. The Morgan fingerprint density at radius 3 is 2.24 bits per heavy atom. The fraction of sp³-hybridized carbons (Fsp3) is 0.214. The van der Waals surface area contributed by atoms with Gasteiger partial charge in [0.15, 0.2) is 0 Å². The molecule has 0 saturated carbocycles. The second-order valence-electron chi connectivity index (χ2n) is 3.73. The summed E-state index contributed by atoms with van der Waals surface area (Å²) in [6.45, 7) is 7.22. The summed E-state index contributed by atoms with van der Waals surface area (Å²) in [6.07, 6.45) is 4.39. The maximum atomic E-state index is 12.0. The minimum absolute atomic E-state index is 0.310. The first-order valence-electron chi connectivity index (χ1n) is 5.50. The quantitative estimate of drug-likeness (QED) is 0.464. The van der Waals surface area contributed by atoms with Crippen LogP contribution in [0.5, 0.6) is 0 Å². The predicted molar refractivity (Wildman–Crippen MR) is 68.8 cm³/mol. The van der Waals surface area contributed by atoms with Crippen molar-refractivity contribution in [2.24, 2.45) is 5.92 Å². The molecular formula is C14H17NO2. The number of benzene rings is 1.